The van der Waals surface area contributed by atoms with Crippen LogP contribution in [0.2, 0.25) is 0 Å². The van der Waals surface area contributed by atoms with Crippen LogP contribution in [0.25, 0.3) is 22.0 Å². The minimum absolute atomic E-state index is 0.248. The fourth-order valence-corrected chi connectivity index (χ4v) is 4.57. The molecule has 1 saturated carbocycles. The fourth-order valence-electron chi connectivity index (χ4n) is 3.73. The Bertz CT molecular complexity index is 1160. The third-order valence-corrected chi connectivity index (χ3v) is 6.50. The number of aryl methyl sites for hydroxylation is 2. The van der Waals surface area contributed by atoms with E-state index in [4.69, 9.17) is 15.2 Å². The Labute approximate surface area is 171 Å². The van der Waals surface area contributed by atoms with Crippen LogP contribution in [0, 0.1) is 13.8 Å². The van der Waals surface area contributed by atoms with Crippen LogP contribution >= 0.6 is 11.3 Å². The number of nitrogen functional groups attached to an aromatic ring is 1. The third kappa shape index (κ3) is 2.98. The molecule has 0 unspecified atom stereocenters. The topological polar surface area (TPSA) is 116 Å². The zero-order valence-electron chi connectivity index (χ0n) is 16.1. The molecule has 0 atom stereocenters. The SMILES string of the molecule is Cc1nc(C)c(-c2nc(C3(c4ccc(-c5cnc(N)nc5)nc4)CCC3)no2)s1. The van der Waals surface area contributed by atoms with Crippen molar-refractivity contribution >= 4 is 17.3 Å². The summed E-state index contributed by atoms with van der Waals surface area (Å²) in [5.41, 5.74) is 8.94. The van der Waals surface area contributed by atoms with Gasteiger partial charge in [0.25, 0.3) is 5.89 Å². The lowest BCUT2D eigenvalue weighted by atomic mass is 9.64. The first kappa shape index (κ1) is 17.9. The highest BCUT2D eigenvalue weighted by molar-refractivity contribution is 7.15. The molecule has 146 valence electrons. The highest BCUT2D eigenvalue weighted by Crippen LogP contribution is 2.48. The van der Waals surface area contributed by atoms with E-state index in [9.17, 15) is 0 Å². The van der Waals surface area contributed by atoms with Crippen LogP contribution in [0.1, 0.15) is 41.4 Å². The summed E-state index contributed by atoms with van der Waals surface area (Å²) in [6.45, 7) is 3.94. The van der Waals surface area contributed by atoms with Crippen LogP contribution in [0.3, 0.4) is 0 Å². The number of rotatable bonds is 4. The lowest BCUT2D eigenvalue weighted by Gasteiger charge is -2.39. The second-order valence-corrected chi connectivity index (χ2v) is 8.47. The molecule has 9 heteroatoms. The van der Waals surface area contributed by atoms with Gasteiger partial charge in [-0.3, -0.25) is 4.98 Å². The van der Waals surface area contributed by atoms with Crippen LogP contribution in [0.5, 0.6) is 0 Å². The zero-order valence-corrected chi connectivity index (χ0v) is 16.9. The van der Waals surface area contributed by atoms with E-state index in [2.05, 4.69) is 31.2 Å². The molecule has 5 rings (SSSR count). The van der Waals surface area contributed by atoms with Crippen LogP contribution < -0.4 is 5.73 Å². The van der Waals surface area contributed by atoms with E-state index in [0.29, 0.717) is 5.89 Å². The number of nitrogens with zero attached hydrogens (tertiary/aromatic N) is 6. The smallest absolute Gasteiger partial charge is 0.269 e. The predicted molar refractivity (Wildman–Crippen MR) is 109 cm³/mol. The average molecular weight is 405 g/mol. The molecular weight excluding hydrogens is 386 g/mol. The molecule has 1 aliphatic rings. The van der Waals surface area contributed by atoms with Crippen LogP contribution in [-0.4, -0.2) is 30.1 Å². The van der Waals surface area contributed by atoms with Gasteiger partial charge in [-0.15, -0.1) is 11.3 Å². The first-order chi connectivity index (χ1) is 14.0. The molecule has 0 spiro atoms. The second-order valence-electron chi connectivity index (χ2n) is 7.27. The first-order valence-corrected chi connectivity index (χ1v) is 10.2. The van der Waals surface area contributed by atoms with E-state index < -0.39 is 0 Å². The Kier molecular flexibility index (Phi) is 4.13. The number of anilines is 1. The summed E-state index contributed by atoms with van der Waals surface area (Å²) in [7, 11) is 0. The monoisotopic (exact) mass is 405 g/mol. The van der Waals surface area contributed by atoms with Crippen molar-refractivity contribution in [3.8, 4) is 22.0 Å². The van der Waals surface area contributed by atoms with Crippen LogP contribution in [0.4, 0.5) is 5.95 Å². The van der Waals surface area contributed by atoms with Gasteiger partial charge in [-0.05, 0) is 38.3 Å². The van der Waals surface area contributed by atoms with E-state index >= 15 is 0 Å². The van der Waals surface area contributed by atoms with Gasteiger partial charge in [-0.2, -0.15) is 4.98 Å². The predicted octanol–water partition coefficient (Wildman–Crippen LogP) is 3.71. The van der Waals surface area contributed by atoms with Gasteiger partial charge < -0.3 is 10.3 Å². The quantitative estimate of drug-likeness (QED) is 0.546. The Morgan fingerprint density at radius 1 is 1.03 bits per heavy atom. The maximum Gasteiger partial charge on any atom is 0.269 e. The number of hydrogen-bond donors (Lipinski definition) is 1. The summed E-state index contributed by atoms with van der Waals surface area (Å²) < 4.78 is 5.61. The number of hydrogen-bond acceptors (Lipinski definition) is 9. The van der Waals surface area contributed by atoms with E-state index in [1.165, 1.54) is 0 Å². The Morgan fingerprint density at radius 2 is 1.83 bits per heavy atom. The molecular formula is C20H19N7OS. The van der Waals surface area contributed by atoms with E-state index in [-0.39, 0.29) is 11.4 Å². The average Bonchev–Trinajstić information content (AvgIpc) is 3.29. The molecule has 0 saturated heterocycles. The standard InChI is InChI=1S/C20H19N7OS/c1-11-16(29-12(2)25-11)17-26-18(27-28-17)20(6-3-7-20)14-4-5-15(22-10-14)13-8-23-19(21)24-9-13/h4-5,8-10H,3,6-7H2,1-2H3,(H2,21,23,24). The van der Waals surface area contributed by atoms with E-state index in [1.54, 1.807) is 23.7 Å². The molecule has 2 N–H and O–H groups in total. The Hall–Kier alpha value is -3.20. The Balaban J connectivity index is 1.48. The highest BCUT2D eigenvalue weighted by atomic mass is 32.1. The van der Waals surface area contributed by atoms with Gasteiger partial charge in [-0.1, -0.05) is 17.6 Å². The zero-order chi connectivity index (χ0) is 20.0. The molecule has 0 aliphatic heterocycles. The van der Waals surface area contributed by atoms with Crippen molar-refractivity contribution in [3.63, 3.8) is 0 Å². The normalized spacial score (nSPS) is 15.2. The van der Waals surface area contributed by atoms with Gasteiger partial charge in [0.2, 0.25) is 5.95 Å². The molecule has 1 aliphatic carbocycles. The molecule has 4 aromatic heterocycles. The van der Waals surface area contributed by atoms with Crippen molar-refractivity contribution in [3.05, 3.63) is 52.8 Å². The fraction of sp³-hybridized carbons (Fsp3) is 0.300. The van der Waals surface area contributed by atoms with E-state index in [0.717, 1.165) is 57.5 Å². The van der Waals surface area contributed by atoms with Crippen molar-refractivity contribution < 1.29 is 4.52 Å². The van der Waals surface area contributed by atoms with Gasteiger partial charge in [0.05, 0.1) is 21.8 Å². The van der Waals surface area contributed by atoms with Crippen molar-refractivity contribution in [2.24, 2.45) is 0 Å². The molecule has 29 heavy (non-hydrogen) atoms. The van der Waals surface area contributed by atoms with Gasteiger partial charge in [-0.25, -0.2) is 15.0 Å². The Morgan fingerprint density at radius 3 is 2.41 bits per heavy atom. The molecule has 4 aromatic rings. The van der Waals surface area contributed by atoms with E-state index in [1.807, 2.05) is 26.1 Å². The van der Waals surface area contributed by atoms with Gasteiger partial charge >= 0.3 is 0 Å². The minimum Gasteiger partial charge on any atom is -0.368 e. The first-order valence-electron chi connectivity index (χ1n) is 9.38. The molecule has 0 aromatic carbocycles. The molecule has 0 bridgehead atoms. The number of aromatic nitrogens is 6. The molecule has 8 nitrogen and oxygen atoms in total. The van der Waals surface area contributed by atoms with Crippen LogP contribution in [-0.2, 0) is 5.41 Å². The maximum absolute atomic E-state index is 5.61. The maximum atomic E-state index is 5.61. The third-order valence-electron chi connectivity index (χ3n) is 5.44. The minimum atomic E-state index is -0.251. The lowest BCUT2D eigenvalue weighted by Crippen LogP contribution is -2.36. The summed E-state index contributed by atoms with van der Waals surface area (Å²) in [4.78, 5) is 22.8. The lowest BCUT2D eigenvalue weighted by molar-refractivity contribution is 0.272. The number of nitrogens with two attached hydrogens (primary N) is 1. The van der Waals surface area contributed by atoms with Gasteiger partial charge in [0.1, 0.15) is 4.88 Å². The number of pyridine rings is 1. The summed E-state index contributed by atoms with van der Waals surface area (Å²) in [5, 5.41) is 5.32. The molecule has 1 fully saturated rings. The van der Waals surface area contributed by atoms with Crippen molar-refractivity contribution in [1.29, 1.82) is 0 Å². The summed E-state index contributed by atoms with van der Waals surface area (Å²) in [6.07, 6.45) is 8.30. The molecule has 4 heterocycles. The molecule has 0 amide bonds. The largest absolute Gasteiger partial charge is 0.368 e. The van der Waals surface area contributed by atoms with Crippen molar-refractivity contribution in [1.82, 2.24) is 30.1 Å². The second kappa shape index (κ2) is 6.70. The highest BCUT2D eigenvalue weighted by Gasteiger charge is 2.45. The van der Waals surface area contributed by atoms with Crippen molar-refractivity contribution in [2.45, 2.75) is 38.5 Å². The summed E-state index contributed by atoms with van der Waals surface area (Å²) >= 11 is 1.57. The summed E-state index contributed by atoms with van der Waals surface area (Å²) in [5.74, 6) is 1.51. The molecule has 0 radical (unpaired) electrons. The number of thiazole rings is 1. The van der Waals surface area contributed by atoms with Crippen molar-refractivity contribution in [2.75, 3.05) is 5.73 Å². The van der Waals surface area contributed by atoms with Gasteiger partial charge in [0, 0.05) is 24.2 Å². The van der Waals surface area contributed by atoms with Crippen LogP contribution in [0.15, 0.2) is 35.2 Å². The van der Waals surface area contributed by atoms with Gasteiger partial charge in [0.15, 0.2) is 5.82 Å². The summed E-state index contributed by atoms with van der Waals surface area (Å²) in [6, 6.07) is 4.05.